The molecule has 0 saturated heterocycles. The third kappa shape index (κ3) is 5.78. The van der Waals surface area contributed by atoms with E-state index in [4.69, 9.17) is 16.3 Å². The summed E-state index contributed by atoms with van der Waals surface area (Å²) < 4.78 is 5.34. The number of hydrogen-bond donors (Lipinski definition) is 1. The van der Waals surface area contributed by atoms with Crippen molar-refractivity contribution < 1.29 is 4.74 Å². The van der Waals surface area contributed by atoms with Crippen LogP contribution in [0.5, 0.6) is 5.88 Å². The van der Waals surface area contributed by atoms with Crippen LogP contribution < -0.4 is 10.1 Å². The minimum absolute atomic E-state index is 0.584. The van der Waals surface area contributed by atoms with Gasteiger partial charge in [0, 0.05) is 18.5 Å². The molecule has 0 saturated carbocycles. The number of pyridine rings is 1. The number of ether oxygens (including phenoxy) is 1. The summed E-state index contributed by atoms with van der Waals surface area (Å²) in [5.41, 5.74) is 0. The molecule has 1 unspecified atom stereocenters. The van der Waals surface area contributed by atoms with Crippen LogP contribution in [0.25, 0.3) is 0 Å². The molecule has 1 atom stereocenters. The highest BCUT2D eigenvalue weighted by atomic mass is 35.5. The van der Waals surface area contributed by atoms with Gasteiger partial charge in [-0.1, -0.05) is 13.0 Å². The van der Waals surface area contributed by atoms with E-state index >= 15 is 0 Å². The van der Waals surface area contributed by atoms with Gasteiger partial charge in [0.1, 0.15) is 5.82 Å². The highest BCUT2D eigenvalue weighted by Crippen LogP contribution is 2.12. The zero-order valence-corrected chi connectivity index (χ0v) is 11.3. The predicted molar refractivity (Wildman–Crippen MR) is 73.0 cm³/mol. The second kappa shape index (κ2) is 8.18. The lowest BCUT2D eigenvalue weighted by Crippen LogP contribution is -2.06. The van der Waals surface area contributed by atoms with Crippen molar-refractivity contribution in [3.63, 3.8) is 0 Å². The highest BCUT2D eigenvalue weighted by molar-refractivity contribution is 6.18. The van der Waals surface area contributed by atoms with Crippen LogP contribution in [0.3, 0.4) is 0 Å². The molecule has 0 aliphatic heterocycles. The van der Waals surface area contributed by atoms with Crippen LogP contribution in [0.1, 0.15) is 26.7 Å². The summed E-state index contributed by atoms with van der Waals surface area (Å²) in [4.78, 5) is 4.34. The highest BCUT2D eigenvalue weighted by Gasteiger charge is 2.00. The Balaban J connectivity index is 2.28. The fraction of sp³-hybridized carbons (Fsp3) is 0.615. The van der Waals surface area contributed by atoms with Gasteiger partial charge < -0.3 is 10.1 Å². The Morgan fingerprint density at radius 1 is 1.47 bits per heavy atom. The van der Waals surface area contributed by atoms with E-state index in [0.717, 1.165) is 31.1 Å². The second-order valence-electron chi connectivity index (χ2n) is 4.12. The van der Waals surface area contributed by atoms with E-state index < -0.39 is 0 Å². The van der Waals surface area contributed by atoms with Crippen molar-refractivity contribution in [2.24, 2.45) is 5.92 Å². The van der Waals surface area contributed by atoms with Gasteiger partial charge in [0.15, 0.2) is 0 Å². The lowest BCUT2D eigenvalue weighted by molar-refractivity contribution is 0.327. The van der Waals surface area contributed by atoms with Crippen molar-refractivity contribution >= 4 is 17.4 Å². The van der Waals surface area contributed by atoms with E-state index in [-0.39, 0.29) is 0 Å². The topological polar surface area (TPSA) is 34.1 Å². The van der Waals surface area contributed by atoms with Gasteiger partial charge in [0.05, 0.1) is 6.61 Å². The maximum atomic E-state index is 5.75. The Hall–Kier alpha value is -0.960. The molecule has 0 amide bonds. The quantitative estimate of drug-likeness (QED) is 0.571. The largest absolute Gasteiger partial charge is 0.478 e. The molecular weight excluding hydrogens is 236 g/mol. The van der Waals surface area contributed by atoms with Crippen molar-refractivity contribution in [2.75, 3.05) is 24.3 Å². The second-order valence-corrected chi connectivity index (χ2v) is 4.43. The number of aromatic nitrogens is 1. The number of halogens is 1. The molecule has 1 N–H and O–H groups in total. The van der Waals surface area contributed by atoms with Crippen LogP contribution >= 0.6 is 11.6 Å². The normalized spacial score (nSPS) is 12.2. The van der Waals surface area contributed by atoms with Crippen LogP contribution in [-0.4, -0.2) is 24.0 Å². The zero-order valence-electron chi connectivity index (χ0n) is 10.6. The third-order valence-electron chi connectivity index (χ3n) is 2.46. The van der Waals surface area contributed by atoms with Gasteiger partial charge in [-0.2, -0.15) is 4.98 Å². The van der Waals surface area contributed by atoms with E-state index in [1.807, 2.05) is 25.1 Å². The smallest absolute Gasteiger partial charge is 0.215 e. The van der Waals surface area contributed by atoms with Crippen LogP contribution in [0.2, 0.25) is 0 Å². The Labute approximate surface area is 109 Å². The Morgan fingerprint density at radius 2 is 2.29 bits per heavy atom. The zero-order chi connectivity index (χ0) is 12.5. The minimum atomic E-state index is 0.584. The first kappa shape index (κ1) is 14.1. The van der Waals surface area contributed by atoms with Gasteiger partial charge in [-0.25, -0.2) is 0 Å². The molecule has 0 fully saturated rings. The first-order valence-electron chi connectivity index (χ1n) is 6.16. The summed E-state index contributed by atoms with van der Waals surface area (Å²) in [6, 6.07) is 5.76. The summed E-state index contributed by atoms with van der Waals surface area (Å²) in [7, 11) is 0. The van der Waals surface area contributed by atoms with Gasteiger partial charge in [0.25, 0.3) is 0 Å². The van der Waals surface area contributed by atoms with Crippen molar-refractivity contribution in [2.45, 2.75) is 26.7 Å². The molecule has 17 heavy (non-hydrogen) atoms. The molecule has 1 heterocycles. The molecule has 1 aromatic heterocycles. The number of alkyl halides is 1. The number of anilines is 1. The Bertz CT molecular complexity index is 320. The average molecular weight is 257 g/mol. The molecule has 0 aliphatic rings. The van der Waals surface area contributed by atoms with E-state index in [0.29, 0.717) is 18.4 Å². The van der Waals surface area contributed by atoms with Gasteiger partial charge in [-0.05, 0) is 31.7 Å². The SMILES string of the molecule is CCOc1cccc(NCCCC(C)CCl)n1. The third-order valence-corrected chi connectivity index (χ3v) is 2.99. The van der Waals surface area contributed by atoms with Crippen LogP contribution in [0.4, 0.5) is 5.82 Å². The molecule has 0 aliphatic carbocycles. The minimum Gasteiger partial charge on any atom is -0.478 e. The molecule has 4 heteroatoms. The first-order valence-corrected chi connectivity index (χ1v) is 6.69. The number of nitrogens with one attached hydrogen (secondary N) is 1. The monoisotopic (exact) mass is 256 g/mol. The summed E-state index contributed by atoms with van der Waals surface area (Å²) in [5, 5.41) is 3.29. The Kier molecular flexibility index (Phi) is 6.78. The molecule has 0 aromatic carbocycles. The summed E-state index contributed by atoms with van der Waals surface area (Å²) in [5.74, 6) is 2.86. The van der Waals surface area contributed by atoms with Gasteiger partial charge in [-0.15, -0.1) is 11.6 Å². The fourth-order valence-corrected chi connectivity index (χ4v) is 1.64. The van der Waals surface area contributed by atoms with Crippen LogP contribution in [-0.2, 0) is 0 Å². The fourth-order valence-electron chi connectivity index (χ4n) is 1.49. The van der Waals surface area contributed by atoms with Crippen LogP contribution in [0.15, 0.2) is 18.2 Å². The van der Waals surface area contributed by atoms with Gasteiger partial charge in [0.2, 0.25) is 5.88 Å². The van der Waals surface area contributed by atoms with Gasteiger partial charge >= 0.3 is 0 Å². The number of hydrogen-bond acceptors (Lipinski definition) is 3. The molecule has 1 rings (SSSR count). The molecule has 96 valence electrons. The Morgan fingerprint density at radius 3 is 3.00 bits per heavy atom. The van der Waals surface area contributed by atoms with E-state index in [1.54, 1.807) is 0 Å². The summed E-state index contributed by atoms with van der Waals surface area (Å²) in [6.07, 6.45) is 2.25. The van der Waals surface area contributed by atoms with E-state index in [2.05, 4.69) is 17.2 Å². The predicted octanol–water partition coefficient (Wildman–Crippen LogP) is 3.55. The summed E-state index contributed by atoms with van der Waals surface area (Å²) in [6.45, 7) is 5.68. The molecule has 0 bridgehead atoms. The van der Waals surface area contributed by atoms with Crippen molar-refractivity contribution in [1.29, 1.82) is 0 Å². The van der Waals surface area contributed by atoms with Crippen LogP contribution in [0, 0.1) is 5.92 Å². The number of nitrogens with zero attached hydrogens (tertiary/aromatic N) is 1. The first-order chi connectivity index (χ1) is 8.26. The number of rotatable bonds is 8. The molecule has 0 radical (unpaired) electrons. The van der Waals surface area contributed by atoms with Crippen molar-refractivity contribution in [1.82, 2.24) is 4.98 Å². The molecule has 3 nitrogen and oxygen atoms in total. The maximum Gasteiger partial charge on any atom is 0.215 e. The summed E-state index contributed by atoms with van der Waals surface area (Å²) >= 11 is 5.75. The maximum absolute atomic E-state index is 5.75. The van der Waals surface area contributed by atoms with E-state index in [9.17, 15) is 0 Å². The van der Waals surface area contributed by atoms with Crippen molar-refractivity contribution in [3.8, 4) is 5.88 Å². The standard InChI is InChI=1S/C13H21ClN2O/c1-3-17-13-8-4-7-12(16-13)15-9-5-6-11(2)10-14/h4,7-8,11H,3,5-6,9-10H2,1-2H3,(H,15,16). The molecule has 0 spiro atoms. The lowest BCUT2D eigenvalue weighted by atomic mass is 10.1. The average Bonchev–Trinajstić information content (AvgIpc) is 2.35. The molecular formula is C13H21ClN2O. The van der Waals surface area contributed by atoms with Crippen molar-refractivity contribution in [3.05, 3.63) is 18.2 Å². The van der Waals surface area contributed by atoms with Gasteiger partial charge in [-0.3, -0.25) is 0 Å². The van der Waals surface area contributed by atoms with E-state index in [1.165, 1.54) is 0 Å². The molecule has 1 aromatic rings. The lowest BCUT2D eigenvalue weighted by Gasteiger charge is -2.09.